The van der Waals surface area contributed by atoms with E-state index in [2.05, 4.69) is 5.16 Å². The summed E-state index contributed by atoms with van der Waals surface area (Å²) in [6, 6.07) is 7.17. The van der Waals surface area contributed by atoms with E-state index in [0.29, 0.717) is 11.5 Å². The summed E-state index contributed by atoms with van der Waals surface area (Å²) in [6.07, 6.45) is -0.765. The Kier molecular flexibility index (Phi) is 4.31. The van der Waals surface area contributed by atoms with E-state index in [1.807, 2.05) is 0 Å². The Labute approximate surface area is 95.2 Å². The third-order valence-electron chi connectivity index (χ3n) is 2.42. The van der Waals surface area contributed by atoms with E-state index in [4.69, 9.17) is 9.94 Å². The van der Waals surface area contributed by atoms with E-state index in [-0.39, 0.29) is 6.10 Å². The molecule has 88 valence electrons. The van der Waals surface area contributed by atoms with Gasteiger partial charge in [0.2, 0.25) is 0 Å². The van der Waals surface area contributed by atoms with E-state index in [1.54, 1.807) is 45.0 Å². The lowest BCUT2D eigenvalue weighted by molar-refractivity contribution is 0.0604. The molecule has 0 heterocycles. The number of oxime groups is 1. The second-order valence-electron chi connectivity index (χ2n) is 3.77. The maximum Gasteiger partial charge on any atom is 0.121 e. The number of hydrogen-bond donors (Lipinski definition) is 2. The van der Waals surface area contributed by atoms with Gasteiger partial charge in [0.25, 0.3) is 0 Å². The zero-order valence-corrected chi connectivity index (χ0v) is 9.71. The molecule has 0 amide bonds. The molecule has 4 heteroatoms. The van der Waals surface area contributed by atoms with Crippen LogP contribution >= 0.6 is 0 Å². The van der Waals surface area contributed by atoms with Crippen LogP contribution in [0.3, 0.4) is 0 Å². The van der Waals surface area contributed by atoms with Crippen molar-refractivity contribution < 1.29 is 15.1 Å². The predicted octanol–water partition coefficient (Wildman–Crippen LogP) is 2.03. The topological polar surface area (TPSA) is 62.1 Å². The Balaban J connectivity index is 2.72. The molecule has 4 nitrogen and oxygen atoms in total. The fraction of sp³-hybridized carbons (Fsp3) is 0.417. The van der Waals surface area contributed by atoms with Crippen LogP contribution in [0.2, 0.25) is 0 Å². The highest BCUT2D eigenvalue weighted by molar-refractivity contribution is 5.98. The van der Waals surface area contributed by atoms with Crippen molar-refractivity contribution in [2.45, 2.75) is 33.0 Å². The van der Waals surface area contributed by atoms with Gasteiger partial charge in [-0.3, -0.25) is 0 Å². The molecule has 1 aromatic rings. The van der Waals surface area contributed by atoms with Gasteiger partial charge in [0.05, 0.1) is 11.8 Å². The summed E-state index contributed by atoms with van der Waals surface area (Å²) in [5.74, 6) is 0.683. The molecule has 0 aliphatic rings. The number of aliphatic hydroxyl groups excluding tert-OH is 1. The minimum atomic E-state index is -0.514. The van der Waals surface area contributed by atoms with E-state index < -0.39 is 6.10 Å². The molecule has 0 aromatic heterocycles. The number of benzene rings is 1. The minimum Gasteiger partial charge on any atom is -0.488 e. The maximum absolute atomic E-state index is 9.29. The molecule has 0 saturated carbocycles. The van der Waals surface area contributed by atoms with Crippen molar-refractivity contribution in [3.63, 3.8) is 0 Å². The van der Waals surface area contributed by atoms with Crippen molar-refractivity contribution in [1.29, 1.82) is 0 Å². The normalized spacial score (nSPS) is 15.6. The number of aliphatic hydroxyl groups is 1. The largest absolute Gasteiger partial charge is 0.488 e. The van der Waals surface area contributed by atoms with Gasteiger partial charge in [0.15, 0.2) is 0 Å². The zero-order chi connectivity index (χ0) is 12.1. The number of rotatable bonds is 4. The summed E-state index contributed by atoms with van der Waals surface area (Å²) in [5.41, 5.74) is 1.38. The highest BCUT2D eigenvalue weighted by atomic mass is 16.5. The van der Waals surface area contributed by atoms with Crippen LogP contribution < -0.4 is 4.74 Å². The van der Waals surface area contributed by atoms with Gasteiger partial charge in [-0.1, -0.05) is 5.16 Å². The standard InChI is InChI=1S/C12H17NO3/c1-8(13-15)11-4-6-12(7-5-11)16-10(3)9(2)14/h4-7,9-10,14-15H,1-3H3. The highest BCUT2D eigenvalue weighted by Crippen LogP contribution is 2.15. The van der Waals surface area contributed by atoms with Crippen LogP contribution in [0.4, 0.5) is 0 Å². The third kappa shape index (κ3) is 3.24. The predicted molar refractivity (Wildman–Crippen MR) is 62.2 cm³/mol. The van der Waals surface area contributed by atoms with E-state index in [1.165, 1.54) is 0 Å². The molecule has 0 bridgehead atoms. The van der Waals surface area contributed by atoms with Crippen LogP contribution in [0, 0.1) is 0 Å². The number of hydrogen-bond acceptors (Lipinski definition) is 4. The first-order valence-electron chi connectivity index (χ1n) is 5.18. The van der Waals surface area contributed by atoms with Crippen LogP contribution in [-0.2, 0) is 0 Å². The Bertz CT molecular complexity index is 357. The third-order valence-corrected chi connectivity index (χ3v) is 2.42. The molecule has 0 aliphatic heterocycles. The van der Waals surface area contributed by atoms with Crippen molar-refractivity contribution in [3.8, 4) is 5.75 Å². The Morgan fingerprint density at radius 1 is 1.25 bits per heavy atom. The average molecular weight is 223 g/mol. The fourth-order valence-electron chi connectivity index (χ4n) is 1.15. The molecule has 0 fully saturated rings. The Morgan fingerprint density at radius 2 is 1.81 bits per heavy atom. The van der Waals surface area contributed by atoms with Crippen molar-refractivity contribution in [3.05, 3.63) is 29.8 Å². The zero-order valence-electron chi connectivity index (χ0n) is 9.71. The second-order valence-corrected chi connectivity index (χ2v) is 3.77. The van der Waals surface area contributed by atoms with Gasteiger partial charge in [-0.05, 0) is 50.6 Å². The second kappa shape index (κ2) is 5.51. The molecule has 2 N–H and O–H groups in total. The molecular weight excluding hydrogens is 206 g/mol. The molecule has 2 atom stereocenters. The molecule has 0 aliphatic carbocycles. The van der Waals surface area contributed by atoms with Gasteiger partial charge < -0.3 is 15.1 Å². The average Bonchev–Trinajstić information content (AvgIpc) is 2.28. The van der Waals surface area contributed by atoms with Gasteiger partial charge in [0.1, 0.15) is 11.9 Å². The summed E-state index contributed by atoms with van der Waals surface area (Å²) >= 11 is 0. The van der Waals surface area contributed by atoms with Crippen LogP contribution in [0.1, 0.15) is 26.3 Å². The first kappa shape index (κ1) is 12.5. The maximum atomic E-state index is 9.29. The summed E-state index contributed by atoms with van der Waals surface area (Å²) in [6.45, 7) is 5.20. The number of ether oxygens (including phenoxy) is 1. The molecule has 1 aromatic carbocycles. The lowest BCUT2D eigenvalue weighted by Gasteiger charge is -2.17. The molecule has 2 unspecified atom stereocenters. The summed E-state index contributed by atoms with van der Waals surface area (Å²) < 4.78 is 5.49. The van der Waals surface area contributed by atoms with Crippen LogP contribution in [-0.4, -0.2) is 28.2 Å². The van der Waals surface area contributed by atoms with Crippen LogP contribution in [0.5, 0.6) is 5.75 Å². The quantitative estimate of drug-likeness (QED) is 0.466. The van der Waals surface area contributed by atoms with Gasteiger partial charge in [-0.25, -0.2) is 0 Å². The monoisotopic (exact) mass is 223 g/mol. The fourth-order valence-corrected chi connectivity index (χ4v) is 1.15. The molecule has 1 rings (SSSR count). The van der Waals surface area contributed by atoms with Crippen molar-refractivity contribution in [1.82, 2.24) is 0 Å². The Hall–Kier alpha value is -1.55. The molecule has 0 saturated heterocycles. The van der Waals surface area contributed by atoms with Crippen molar-refractivity contribution in [2.24, 2.45) is 5.16 Å². The first-order valence-corrected chi connectivity index (χ1v) is 5.18. The molecular formula is C12H17NO3. The SMILES string of the molecule is CC(=NO)c1ccc(OC(C)C(C)O)cc1. The Morgan fingerprint density at radius 3 is 2.25 bits per heavy atom. The highest BCUT2D eigenvalue weighted by Gasteiger charge is 2.10. The summed E-state index contributed by atoms with van der Waals surface area (Å²) in [7, 11) is 0. The van der Waals surface area contributed by atoms with Crippen molar-refractivity contribution in [2.75, 3.05) is 0 Å². The van der Waals surface area contributed by atoms with E-state index in [9.17, 15) is 5.11 Å². The summed E-state index contributed by atoms with van der Waals surface area (Å²) in [5, 5.41) is 21.0. The van der Waals surface area contributed by atoms with E-state index >= 15 is 0 Å². The van der Waals surface area contributed by atoms with Crippen LogP contribution in [0.25, 0.3) is 0 Å². The summed E-state index contributed by atoms with van der Waals surface area (Å²) in [4.78, 5) is 0. The smallest absolute Gasteiger partial charge is 0.121 e. The molecule has 16 heavy (non-hydrogen) atoms. The first-order chi connectivity index (χ1) is 7.54. The number of nitrogens with zero attached hydrogens (tertiary/aromatic N) is 1. The van der Waals surface area contributed by atoms with Gasteiger partial charge in [-0.15, -0.1) is 0 Å². The van der Waals surface area contributed by atoms with Gasteiger partial charge in [0, 0.05) is 0 Å². The minimum absolute atomic E-state index is 0.251. The van der Waals surface area contributed by atoms with Crippen LogP contribution in [0.15, 0.2) is 29.4 Å². The lowest BCUT2D eigenvalue weighted by Crippen LogP contribution is -2.25. The van der Waals surface area contributed by atoms with E-state index in [0.717, 1.165) is 5.56 Å². The van der Waals surface area contributed by atoms with Crippen molar-refractivity contribution >= 4 is 5.71 Å². The lowest BCUT2D eigenvalue weighted by atomic mass is 10.1. The molecule has 0 spiro atoms. The van der Waals surface area contributed by atoms with Gasteiger partial charge in [-0.2, -0.15) is 0 Å². The van der Waals surface area contributed by atoms with Gasteiger partial charge >= 0.3 is 0 Å². The molecule has 0 radical (unpaired) electrons.